The number of hydrogen-bond acceptors (Lipinski definition) is 6. The molecule has 0 unspecified atom stereocenters. The predicted octanol–water partition coefficient (Wildman–Crippen LogP) is 1.61. The lowest BCUT2D eigenvalue weighted by Gasteiger charge is -2.31. The Kier molecular flexibility index (Phi) is 4.91. The van der Waals surface area contributed by atoms with Gasteiger partial charge >= 0.3 is 0 Å². The number of rotatable bonds is 5. The van der Waals surface area contributed by atoms with Crippen LogP contribution in [0.2, 0.25) is 0 Å². The number of aromatic nitrogens is 2. The van der Waals surface area contributed by atoms with Crippen molar-refractivity contribution in [1.82, 2.24) is 9.36 Å². The van der Waals surface area contributed by atoms with Crippen LogP contribution in [-0.4, -0.2) is 41.7 Å². The first-order valence-corrected chi connectivity index (χ1v) is 7.38. The van der Waals surface area contributed by atoms with Gasteiger partial charge in [-0.05, 0) is 12.8 Å². The normalized spacial score (nSPS) is 17.7. The number of hydrogen-bond donors (Lipinski definition) is 1. The molecule has 2 N–H and O–H groups in total. The number of piperidine rings is 1. The van der Waals surface area contributed by atoms with E-state index in [2.05, 4.69) is 28.1 Å². The van der Waals surface area contributed by atoms with E-state index in [1.165, 1.54) is 11.5 Å². The van der Waals surface area contributed by atoms with Gasteiger partial charge in [-0.1, -0.05) is 13.8 Å². The Bertz CT molecular complexity index is 361. The molecular weight excluding hydrogens is 248 g/mol. The van der Waals surface area contributed by atoms with Crippen molar-refractivity contribution < 1.29 is 4.74 Å². The summed E-state index contributed by atoms with van der Waals surface area (Å²) in [6, 6.07) is 0. The van der Waals surface area contributed by atoms with Crippen LogP contribution in [0.15, 0.2) is 0 Å². The average molecular weight is 270 g/mol. The highest BCUT2D eigenvalue weighted by Crippen LogP contribution is 2.25. The van der Waals surface area contributed by atoms with Gasteiger partial charge in [0.25, 0.3) is 0 Å². The Balaban J connectivity index is 1.85. The van der Waals surface area contributed by atoms with Crippen molar-refractivity contribution in [1.29, 1.82) is 0 Å². The highest BCUT2D eigenvalue weighted by molar-refractivity contribution is 7.09. The second-order valence-electron chi connectivity index (χ2n) is 4.94. The molecule has 6 heteroatoms. The molecule has 1 saturated heterocycles. The summed E-state index contributed by atoms with van der Waals surface area (Å²) in [5, 5.41) is 1.05. The van der Waals surface area contributed by atoms with E-state index in [0.717, 1.165) is 36.9 Å². The van der Waals surface area contributed by atoms with Crippen molar-refractivity contribution in [3.8, 4) is 0 Å². The summed E-state index contributed by atoms with van der Waals surface area (Å²) >= 11 is 1.51. The minimum atomic E-state index is 0.363. The van der Waals surface area contributed by atoms with Crippen molar-refractivity contribution >= 4 is 16.7 Å². The maximum absolute atomic E-state index is 5.68. The number of nitrogens with zero attached hydrogens (tertiary/aromatic N) is 3. The monoisotopic (exact) mass is 270 g/mol. The standard InChI is InChI=1S/C12H22N4OS/c1-9(2)11-14-12(18-15-11)16-6-3-10(4-7-16)17-8-5-13/h9-10H,3-8,13H2,1-2H3. The van der Waals surface area contributed by atoms with Crippen molar-refractivity contribution in [3.05, 3.63) is 5.82 Å². The Morgan fingerprint density at radius 1 is 1.44 bits per heavy atom. The van der Waals surface area contributed by atoms with Gasteiger partial charge in [-0.15, -0.1) is 0 Å². The van der Waals surface area contributed by atoms with Gasteiger partial charge in [0.15, 0.2) is 0 Å². The van der Waals surface area contributed by atoms with Crippen LogP contribution in [0, 0.1) is 0 Å². The molecule has 1 fully saturated rings. The van der Waals surface area contributed by atoms with Crippen LogP contribution in [0.4, 0.5) is 5.13 Å². The SMILES string of the molecule is CC(C)c1nsc(N2CCC(OCCN)CC2)n1. The van der Waals surface area contributed by atoms with Crippen LogP contribution in [0.3, 0.4) is 0 Å². The molecule has 2 rings (SSSR count). The van der Waals surface area contributed by atoms with Gasteiger partial charge in [-0.3, -0.25) is 0 Å². The molecule has 1 aromatic rings. The molecule has 0 radical (unpaired) electrons. The summed E-state index contributed by atoms with van der Waals surface area (Å²) < 4.78 is 10.1. The third kappa shape index (κ3) is 3.40. The molecule has 0 amide bonds. The van der Waals surface area contributed by atoms with Crippen LogP contribution in [-0.2, 0) is 4.74 Å². The summed E-state index contributed by atoms with van der Waals surface area (Å²) in [6.45, 7) is 7.52. The minimum Gasteiger partial charge on any atom is -0.377 e. The van der Waals surface area contributed by atoms with Gasteiger partial charge < -0.3 is 15.4 Å². The number of ether oxygens (including phenoxy) is 1. The molecule has 0 aromatic carbocycles. The number of anilines is 1. The molecule has 0 saturated carbocycles. The summed E-state index contributed by atoms with van der Waals surface area (Å²) in [6.07, 6.45) is 2.47. The lowest BCUT2D eigenvalue weighted by Crippen LogP contribution is -2.37. The first kappa shape index (κ1) is 13.7. The molecule has 2 heterocycles. The Labute approximate surface area is 113 Å². The molecule has 0 spiro atoms. The molecule has 5 nitrogen and oxygen atoms in total. The maximum Gasteiger partial charge on any atom is 0.205 e. The zero-order valence-electron chi connectivity index (χ0n) is 11.1. The van der Waals surface area contributed by atoms with E-state index in [0.29, 0.717) is 25.2 Å². The topological polar surface area (TPSA) is 64.3 Å². The highest BCUT2D eigenvalue weighted by Gasteiger charge is 2.22. The van der Waals surface area contributed by atoms with Gasteiger partial charge in [0.1, 0.15) is 5.82 Å². The van der Waals surface area contributed by atoms with Gasteiger partial charge in [0.05, 0.1) is 12.7 Å². The van der Waals surface area contributed by atoms with E-state index in [1.54, 1.807) is 0 Å². The third-order valence-corrected chi connectivity index (χ3v) is 3.92. The van der Waals surface area contributed by atoms with Gasteiger partial charge in [0, 0.05) is 37.1 Å². The molecule has 0 aliphatic carbocycles. The highest BCUT2D eigenvalue weighted by atomic mass is 32.1. The van der Waals surface area contributed by atoms with E-state index < -0.39 is 0 Å². The minimum absolute atomic E-state index is 0.363. The van der Waals surface area contributed by atoms with Crippen LogP contribution in [0.25, 0.3) is 0 Å². The van der Waals surface area contributed by atoms with Crippen molar-refractivity contribution in [2.24, 2.45) is 5.73 Å². The van der Waals surface area contributed by atoms with Crippen molar-refractivity contribution in [3.63, 3.8) is 0 Å². The largest absolute Gasteiger partial charge is 0.377 e. The van der Waals surface area contributed by atoms with Crippen LogP contribution in [0.1, 0.15) is 38.4 Å². The van der Waals surface area contributed by atoms with E-state index in [-0.39, 0.29) is 0 Å². The molecule has 1 aliphatic rings. The Hall–Kier alpha value is -0.720. The fraction of sp³-hybridized carbons (Fsp3) is 0.833. The maximum atomic E-state index is 5.68. The number of nitrogens with two attached hydrogens (primary N) is 1. The lowest BCUT2D eigenvalue weighted by molar-refractivity contribution is 0.0422. The smallest absolute Gasteiger partial charge is 0.205 e. The van der Waals surface area contributed by atoms with Crippen LogP contribution in [0.5, 0.6) is 0 Å². The lowest BCUT2D eigenvalue weighted by atomic mass is 10.1. The molecule has 1 aliphatic heterocycles. The second-order valence-corrected chi connectivity index (χ2v) is 5.67. The van der Waals surface area contributed by atoms with E-state index in [4.69, 9.17) is 10.5 Å². The average Bonchev–Trinajstić information content (AvgIpc) is 2.87. The molecule has 0 atom stereocenters. The van der Waals surface area contributed by atoms with Crippen molar-refractivity contribution in [2.75, 3.05) is 31.1 Å². The molecule has 0 bridgehead atoms. The fourth-order valence-corrected chi connectivity index (χ4v) is 2.90. The van der Waals surface area contributed by atoms with E-state index in [1.807, 2.05) is 0 Å². The Morgan fingerprint density at radius 2 is 2.17 bits per heavy atom. The predicted molar refractivity (Wildman–Crippen MR) is 74.2 cm³/mol. The molecule has 1 aromatic heterocycles. The van der Waals surface area contributed by atoms with Gasteiger partial charge in [-0.2, -0.15) is 4.37 Å². The van der Waals surface area contributed by atoms with E-state index >= 15 is 0 Å². The fourth-order valence-electron chi connectivity index (χ4n) is 2.04. The zero-order valence-corrected chi connectivity index (χ0v) is 11.9. The summed E-state index contributed by atoms with van der Waals surface area (Å²) in [7, 11) is 0. The molecule has 18 heavy (non-hydrogen) atoms. The second kappa shape index (κ2) is 6.45. The van der Waals surface area contributed by atoms with E-state index in [9.17, 15) is 0 Å². The zero-order chi connectivity index (χ0) is 13.0. The summed E-state index contributed by atoms with van der Waals surface area (Å²) in [5.41, 5.74) is 5.44. The van der Waals surface area contributed by atoms with Gasteiger partial charge in [-0.25, -0.2) is 4.98 Å². The first-order chi connectivity index (χ1) is 8.70. The third-order valence-electron chi connectivity index (χ3n) is 3.13. The summed E-state index contributed by atoms with van der Waals surface area (Å²) in [5.74, 6) is 1.36. The summed E-state index contributed by atoms with van der Waals surface area (Å²) in [4.78, 5) is 6.90. The Morgan fingerprint density at radius 3 is 2.72 bits per heavy atom. The quantitative estimate of drug-likeness (QED) is 0.880. The van der Waals surface area contributed by atoms with Gasteiger partial charge in [0.2, 0.25) is 5.13 Å². The molecular formula is C12H22N4OS. The van der Waals surface area contributed by atoms with Crippen LogP contribution >= 0.6 is 11.5 Å². The van der Waals surface area contributed by atoms with Crippen LogP contribution < -0.4 is 10.6 Å². The first-order valence-electron chi connectivity index (χ1n) is 6.61. The van der Waals surface area contributed by atoms with Crippen molar-refractivity contribution in [2.45, 2.75) is 38.7 Å². The molecule has 102 valence electrons.